The SMILES string of the molecule is CC(C)(C)CCN(CC(N)=S)C1CCCC1. The number of rotatable bonds is 5. The van der Waals surface area contributed by atoms with Gasteiger partial charge in [0.1, 0.15) is 0 Å². The maximum absolute atomic E-state index is 5.69. The molecule has 1 aliphatic carbocycles. The highest BCUT2D eigenvalue weighted by Gasteiger charge is 2.24. The molecule has 0 atom stereocenters. The van der Waals surface area contributed by atoms with Crippen molar-refractivity contribution in [3.8, 4) is 0 Å². The van der Waals surface area contributed by atoms with Crippen LogP contribution in [0.5, 0.6) is 0 Å². The van der Waals surface area contributed by atoms with E-state index >= 15 is 0 Å². The first-order chi connectivity index (χ1) is 7.38. The van der Waals surface area contributed by atoms with Crippen LogP contribution in [-0.4, -0.2) is 29.0 Å². The third kappa shape index (κ3) is 5.26. The highest BCUT2D eigenvalue weighted by atomic mass is 32.1. The lowest BCUT2D eigenvalue weighted by molar-refractivity contribution is 0.194. The quantitative estimate of drug-likeness (QED) is 0.752. The molecule has 1 aliphatic rings. The summed E-state index contributed by atoms with van der Waals surface area (Å²) in [6.45, 7) is 8.81. The second-order valence-corrected chi connectivity index (χ2v) is 6.71. The second-order valence-electron chi connectivity index (χ2n) is 6.19. The van der Waals surface area contributed by atoms with E-state index in [1.165, 1.54) is 32.1 Å². The van der Waals surface area contributed by atoms with Crippen molar-refractivity contribution in [2.24, 2.45) is 11.1 Å². The Morgan fingerprint density at radius 1 is 1.31 bits per heavy atom. The minimum absolute atomic E-state index is 0.396. The van der Waals surface area contributed by atoms with Gasteiger partial charge in [0, 0.05) is 12.6 Å². The Kier molecular flexibility index (Phi) is 5.19. The maximum atomic E-state index is 5.69. The Bertz CT molecular complexity index is 227. The second kappa shape index (κ2) is 5.97. The van der Waals surface area contributed by atoms with Gasteiger partial charge < -0.3 is 5.73 Å². The summed E-state index contributed by atoms with van der Waals surface area (Å²) in [6, 6.07) is 0.726. The van der Waals surface area contributed by atoms with Crippen molar-refractivity contribution in [1.29, 1.82) is 0 Å². The summed E-state index contributed by atoms with van der Waals surface area (Å²) in [5, 5.41) is 0. The Hall–Kier alpha value is -0.150. The van der Waals surface area contributed by atoms with E-state index in [1.54, 1.807) is 0 Å². The lowest BCUT2D eigenvalue weighted by Crippen LogP contribution is -2.41. The minimum atomic E-state index is 0.396. The van der Waals surface area contributed by atoms with Gasteiger partial charge >= 0.3 is 0 Å². The summed E-state index contributed by atoms with van der Waals surface area (Å²) in [5.74, 6) is 0. The number of nitrogens with zero attached hydrogens (tertiary/aromatic N) is 1. The molecule has 0 unspecified atom stereocenters. The number of hydrogen-bond donors (Lipinski definition) is 1. The van der Waals surface area contributed by atoms with E-state index in [-0.39, 0.29) is 0 Å². The van der Waals surface area contributed by atoms with E-state index in [0.29, 0.717) is 10.4 Å². The molecule has 2 nitrogen and oxygen atoms in total. The zero-order valence-electron chi connectivity index (χ0n) is 11.0. The fraction of sp³-hybridized carbons (Fsp3) is 0.923. The van der Waals surface area contributed by atoms with Gasteiger partial charge in [0.25, 0.3) is 0 Å². The van der Waals surface area contributed by atoms with Crippen LogP contribution in [0.2, 0.25) is 0 Å². The Morgan fingerprint density at radius 3 is 2.31 bits per heavy atom. The molecule has 0 spiro atoms. The summed E-state index contributed by atoms with van der Waals surface area (Å²) in [6.07, 6.45) is 6.60. The predicted octanol–water partition coefficient (Wildman–Crippen LogP) is 2.95. The molecule has 16 heavy (non-hydrogen) atoms. The van der Waals surface area contributed by atoms with E-state index in [4.69, 9.17) is 18.0 Å². The highest BCUT2D eigenvalue weighted by Crippen LogP contribution is 2.26. The predicted molar refractivity (Wildman–Crippen MR) is 74.7 cm³/mol. The van der Waals surface area contributed by atoms with Gasteiger partial charge in [-0.05, 0) is 31.2 Å². The van der Waals surface area contributed by atoms with Crippen LogP contribution in [0.4, 0.5) is 0 Å². The van der Waals surface area contributed by atoms with Crippen molar-refractivity contribution in [2.75, 3.05) is 13.1 Å². The first-order valence-corrected chi connectivity index (χ1v) is 6.82. The van der Waals surface area contributed by atoms with E-state index in [9.17, 15) is 0 Å². The Morgan fingerprint density at radius 2 is 1.88 bits per heavy atom. The van der Waals surface area contributed by atoms with Crippen molar-refractivity contribution in [1.82, 2.24) is 4.90 Å². The van der Waals surface area contributed by atoms with E-state index < -0.39 is 0 Å². The van der Waals surface area contributed by atoms with Gasteiger partial charge in [0.15, 0.2) is 0 Å². The zero-order chi connectivity index (χ0) is 12.2. The summed E-state index contributed by atoms with van der Waals surface area (Å²) in [7, 11) is 0. The van der Waals surface area contributed by atoms with Crippen LogP contribution in [0.15, 0.2) is 0 Å². The lowest BCUT2D eigenvalue weighted by Gasteiger charge is -2.31. The zero-order valence-corrected chi connectivity index (χ0v) is 11.8. The van der Waals surface area contributed by atoms with Crippen LogP contribution in [0.1, 0.15) is 52.9 Å². The monoisotopic (exact) mass is 242 g/mol. The Labute approximate surface area is 106 Å². The van der Waals surface area contributed by atoms with Crippen molar-refractivity contribution in [3.05, 3.63) is 0 Å². The molecule has 0 amide bonds. The van der Waals surface area contributed by atoms with Crippen LogP contribution >= 0.6 is 12.2 Å². The topological polar surface area (TPSA) is 29.3 Å². The smallest absolute Gasteiger partial charge is 0.0870 e. The van der Waals surface area contributed by atoms with Crippen molar-refractivity contribution in [2.45, 2.75) is 58.9 Å². The van der Waals surface area contributed by atoms with Crippen LogP contribution in [0, 0.1) is 5.41 Å². The van der Waals surface area contributed by atoms with Crippen LogP contribution in [0.3, 0.4) is 0 Å². The van der Waals surface area contributed by atoms with Crippen molar-refractivity contribution < 1.29 is 0 Å². The van der Waals surface area contributed by atoms with E-state index in [0.717, 1.165) is 19.1 Å². The lowest BCUT2D eigenvalue weighted by atomic mass is 9.92. The van der Waals surface area contributed by atoms with Gasteiger partial charge in [-0.1, -0.05) is 45.8 Å². The molecule has 1 fully saturated rings. The standard InChI is InChI=1S/C13H26N2S/c1-13(2,3)8-9-15(10-12(14)16)11-6-4-5-7-11/h11H,4-10H2,1-3H3,(H2,14,16). The largest absolute Gasteiger partial charge is 0.392 e. The number of thiocarbonyl (C=S) groups is 1. The molecule has 1 saturated carbocycles. The first-order valence-electron chi connectivity index (χ1n) is 6.41. The summed E-state index contributed by atoms with van der Waals surface area (Å²) in [4.78, 5) is 3.14. The van der Waals surface area contributed by atoms with Gasteiger partial charge in [-0.3, -0.25) is 4.90 Å². The molecule has 3 heteroatoms. The van der Waals surface area contributed by atoms with Crippen molar-refractivity contribution in [3.63, 3.8) is 0 Å². The normalized spacial score (nSPS) is 18.2. The van der Waals surface area contributed by atoms with Crippen LogP contribution < -0.4 is 5.73 Å². The molecule has 0 heterocycles. The third-order valence-electron chi connectivity index (χ3n) is 3.35. The van der Waals surface area contributed by atoms with E-state index in [2.05, 4.69) is 25.7 Å². The highest BCUT2D eigenvalue weighted by molar-refractivity contribution is 7.80. The van der Waals surface area contributed by atoms with Gasteiger partial charge in [-0.2, -0.15) is 0 Å². The molecule has 1 rings (SSSR count). The number of nitrogens with two attached hydrogens (primary N) is 1. The molecule has 0 aliphatic heterocycles. The third-order valence-corrected chi connectivity index (χ3v) is 3.48. The fourth-order valence-corrected chi connectivity index (χ4v) is 2.51. The molecular weight excluding hydrogens is 216 g/mol. The van der Waals surface area contributed by atoms with Gasteiger partial charge in [-0.15, -0.1) is 0 Å². The molecule has 94 valence electrons. The first kappa shape index (κ1) is 13.9. The summed E-state index contributed by atoms with van der Waals surface area (Å²) >= 11 is 5.05. The Balaban J connectivity index is 2.46. The van der Waals surface area contributed by atoms with Gasteiger partial charge in [0.05, 0.1) is 4.99 Å². The minimum Gasteiger partial charge on any atom is -0.392 e. The van der Waals surface area contributed by atoms with Gasteiger partial charge in [-0.25, -0.2) is 0 Å². The number of hydrogen-bond acceptors (Lipinski definition) is 2. The average molecular weight is 242 g/mol. The molecule has 0 bridgehead atoms. The van der Waals surface area contributed by atoms with Gasteiger partial charge in [0.2, 0.25) is 0 Å². The maximum Gasteiger partial charge on any atom is 0.0870 e. The summed E-state index contributed by atoms with van der Waals surface area (Å²) in [5.41, 5.74) is 6.09. The molecular formula is C13H26N2S. The van der Waals surface area contributed by atoms with Crippen LogP contribution in [0.25, 0.3) is 0 Å². The average Bonchev–Trinajstić information content (AvgIpc) is 2.62. The fourth-order valence-electron chi connectivity index (χ4n) is 2.34. The summed E-state index contributed by atoms with van der Waals surface area (Å²) < 4.78 is 0. The molecule has 0 radical (unpaired) electrons. The van der Waals surface area contributed by atoms with E-state index in [1.807, 2.05) is 0 Å². The molecule has 0 aromatic heterocycles. The molecule has 0 aromatic carbocycles. The van der Waals surface area contributed by atoms with Crippen molar-refractivity contribution >= 4 is 17.2 Å². The molecule has 0 aromatic rings. The molecule has 2 N–H and O–H groups in total. The van der Waals surface area contributed by atoms with Crippen LogP contribution in [-0.2, 0) is 0 Å². The molecule has 0 saturated heterocycles.